The maximum atomic E-state index is 14.5. The summed E-state index contributed by atoms with van der Waals surface area (Å²) >= 11 is 0. The van der Waals surface area contributed by atoms with E-state index in [-0.39, 0.29) is 71.1 Å². The van der Waals surface area contributed by atoms with Gasteiger partial charge in [-0.05, 0) is 155 Å². The summed E-state index contributed by atoms with van der Waals surface area (Å²) in [7, 11) is 0. The van der Waals surface area contributed by atoms with Crippen LogP contribution in [0.4, 0.5) is 0 Å². The lowest BCUT2D eigenvalue weighted by Crippen LogP contribution is -2.60. The zero-order chi connectivity index (χ0) is 56.3. The van der Waals surface area contributed by atoms with E-state index in [1.54, 1.807) is 0 Å². The fourth-order valence-corrected chi connectivity index (χ4v) is 8.24. The topological polar surface area (TPSA) is 492 Å². The van der Waals surface area contributed by atoms with Crippen LogP contribution in [-0.2, 0) is 52.7 Å². The van der Waals surface area contributed by atoms with Crippen molar-refractivity contribution in [1.29, 1.82) is 0 Å². The molecular formula is C47H86N14O14. The molecule has 0 aromatic rings. The van der Waals surface area contributed by atoms with E-state index < -0.39 is 146 Å². The van der Waals surface area contributed by atoms with Crippen LogP contribution in [0.2, 0.25) is 0 Å². The molecule has 8 amide bonds. The standard InChI is InChI=1S/C47H86N14O14/c48-22-6-1-12-29(54-37(62)28-53)40(67)55-30(13-2-7-23-49)41(68)57-32(18-20-38(63)64)44(71)59-34(15-4-9-25-51)46(73)61-27-11-17-36(61)45(72)58-33(19-21-39(65)66)43(70)56-31(14-3-8-24-50)42(69)60-35(47(74)75)16-5-10-26-52/h29-36H,1-28,48-53H2,(H,54,62)(H,55,67)(H,56,70)(H,57,68)(H,58,72)(H,59,71)(H,60,69)(H,63,64)(H,65,66)(H,74,75). The van der Waals surface area contributed by atoms with Gasteiger partial charge in [0.2, 0.25) is 47.3 Å². The molecule has 8 unspecified atom stereocenters. The first-order valence-electron chi connectivity index (χ1n) is 26.1. The van der Waals surface area contributed by atoms with Crippen LogP contribution in [0, 0.1) is 0 Å². The van der Waals surface area contributed by atoms with Crippen molar-refractivity contribution in [3.8, 4) is 0 Å². The summed E-state index contributed by atoms with van der Waals surface area (Å²) in [4.78, 5) is 147. The van der Waals surface area contributed by atoms with Crippen LogP contribution in [0.3, 0.4) is 0 Å². The summed E-state index contributed by atoms with van der Waals surface area (Å²) in [6.45, 7) is 0.949. The Hall–Kier alpha value is -6.07. The monoisotopic (exact) mass is 1070 g/mol. The Morgan fingerprint density at radius 3 is 1.09 bits per heavy atom. The van der Waals surface area contributed by atoms with E-state index in [2.05, 4.69) is 37.2 Å². The van der Waals surface area contributed by atoms with Gasteiger partial charge in [0, 0.05) is 19.4 Å². The van der Waals surface area contributed by atoms with E-state index >= 15 is 0 Å². The van der Waals surface area contributed by atoms with Crippen LogP contribution < -0.4 is 71.6 Å². The average Bonchev–Trinajstić information content (AvgIpc) is 3.87. The Kier molecular flexibility index (Phi) is 34.3. The molecule has 1 aliphatic rings. The lowest BCUT2D eigenvalue weighted by atomic mass is 10.0. The highest BCUT2D eigenvalue weighted by Crippen LogP contribution is 2.21. The van der Waals surface area contributed by atoms with E-state index in [0.29, 0.717) is 77.3 Å². The molecule has 8 atom stereocenters. The third-order valence-corrected chi connectivity index (χ3v) is 12.5. The van der Waals surface area contributed by atoms with Crippen LogP contribution in [0.15, 0.2) is 0 Å². The number of amides is 8. The number of likely N-dealkylation sites (tertiary alicyclic amines) is 1. The summed E-state index contributed by atoms with van der Waals surface area (Å²) in [5, 5.41) is 46.7. The van der Waals surface area contributed by atoms with E-state index in [1.165, 1.54) is 4.90 Å². The third kappa shape index (κ3) is 26.8. The van der Waals surface area contributed by atoms with Crippen molar-refractivity contribution in [3.63, 3.8) is 0 Å². The van der Waals surface area contributed by atoms with Crippen molar-refractivity contribution >= 4 is 65.2 Å². The summed E-state index contributed by atoms with van der Waals surface area (Å²) in [6.07, 6.45) is 2.70. The van der Waals surface area contributed by atoms with Crippen molar-refractivity contribution < 1.29 is 68.1 Å². The van der Waals surface area contributed by atoms with Gasteiger partial charge in [0.05, 0.1) is 6.54 Å². The molecule has 0 aromatic heterocycles. The lowest BCUT2D eigenvalue weighted by Gasteiger charge is -2.31. The Balaban J connectivity index is 3.50. The van der Waals surface area contributed by atoms with Crippen LogP contribution in [0.1, 0.15) is 135 Å². The molecule has 1 rings (SSSR count). The van der Waals surface area contributed by atoms with Gasteiger partial charge in [0.25, 0.3) is 0 Å². The lowest BCUT2D eigenvalue weighted by molar-refractivity contribution is -0.143. The van der Waals surface area contributed by atoms with E-state index in [1.807, 2.05) is 0 Å². The molecule has 28 nitrogen and oxygen atoms in total. The third-order valence-electron chi connectivity index (χ3n) is 12.5. The molecule has 0 spiro atoms. The number of carbonyl (C=O) groups excluding carboxylic acids is 8. The highest BCUT2D eigenvalue weighted by Gasteiger charge is 2.40. The highest BCUT2D eigenvalue weighted by atomic mass is 16.4. The SMILES string of the molecule is NCCCCC(NC(=O)C(CCCCN)NC(=O)C(CCC(=O)O)NC(=O)C1CCCN1C(=O)C(CCCCN)NC(=O)C(CCC(=O)O)NC(=O)C(CCCCN)NC(=O)C(CCCCN)NC(=O)CN)C(=O)O. The van der Waals surface area contributed by atoms with Crippen molar-refractivity contribution in [2.45, 2.75) is 183 Å². The Morgan fingerprint density at radius 1 is 0.413 bits per heavy atom. The largest absolute Gasteiger partial charge is 0.481 e. The van der Waals surface area contributed by atoms with Gasteiger partial charge in [-0.2, -0.15) is 0 Å². The minimum Gasteiger partial charge on any atom is -0.481 e. The average molecular weight is 1070 g/mol. The molecule has 1 saturated heterocycles. The highest BCUT2D eigenvalue weighted by molar-refractivity contribution is 5.98. The second-order valence-corrected chi connectivity index (χ2v) is 18.5. The fraction of sp³-hybridized carbons (Fsp3) is 0.766. The number of hydrogen-bond donors (Lipinski definition) is 16. The van der Waals surface area contributed by atoms with Crippen molar-refractivity contribution in [2.24, 2.45) is 34.4 Å². The minimum absolute atomic E-state index is 0.00783. The van der Waals surface area contributed by atoms with Gasteiger partial charge >= 0.3 is 17.9 Å². The van der Waals surface area contributed by atoms with E-state index in [0.717, 1.165) is 0 Å². The van der Waals surface area contributed by atoms with Crippen molar-refractivity contribution in [1.82, 2.24) is 42.1 Å². The summed E-state index contributed by atoms with van der Waals surface area (Å²) < 4.78 is 0. The first-order valence-corrected chi connectivity index (χ1v) is 26.1. The number of nitrogens with zero attached hydrogens (tertiary/aromatic N) is 1. The fourth-order valence-electron chi connectivity index (χ4n) is 8.24. The zero-order valence-corrected chi connectivity index (χ0v) is 43.2. The van der Waals surface area contributed by atoms with Gasteiger partial charge in [-0.3, -0.25) is 47.9 Å². The smallest absolute Gasteiger partial charge is 0.326 e. The normalized spacial score (nSPS) is 15.9. The molecule has 75 heavy (non-hydrogen) atoms. The number of aliphatic carboxylic acids is 3. The van der Waals surface area contributed by atoms with Gasteiger partial charge in [0.15, 0.2) is 0 Å². The number of nitrogens with two attached hydrogens (primary N) is 6. The molecule has 428 valence electrons. The number of hydrogen-bond acceptors (Lipinski definition) is 17. The molecule has 1 fully saturated rings. The number of nitrogens with one attached hydrogen (secondary N) is 7. The number of carboxylic acid groups (broad SMARTS) is 3. The molecule has 22 N–H and O–H groups in total. The van der Waals surface area contributed by atoms with Gasteiger partial charge in [0.1, 0.15) is 48.3 Å². The maximum Gasteiger partial charge on any atom is 0.326 e. The first-order chi connectivity index (χ1) is 35.8. The first kappa shape index (κ1) is 66.9. The minimum atomic E-state index is -1.57. The number of unbranched alkanes of at least 4 members (excludes halogenated alkanes) is 5. The quantitative estimate of drug-likeness (QED) is 0.0258. The molecule has 1 aliphatic heterocycles. The van der Waals surface area contributed by atoms with Gasteiger partial charge in [-0.25, -0.2) is 4.79 Å². The summed E-state index contributed by atoms with van der Waals surface area (Å²) in [5.41, 5.74) is 33.7. The molecule has 0 bridgehead atoms. The Morgan fingerprint density at radius 2 is 0.733 bits per heavy atom. The second-order valence-electron chi connectivity index (χ2n) is 18.5. The summed E-state index contributed by atoms with van der Waals surface area (Å²) in [6, 6.07) is -10.7. The van der Waals surface area contributed by atoms with Crippen LogP contribution in [-0.4, -0.2) is 180 Å². The van der Waals surface area contributed by atoms with Crippen molar-refractivity contribution in [2.75, 3.05) is 45.8 Å². The molecule has 0 aromatic carbocycles. The number of carbonyl (C=O) groups is 11. The van der Waals surface area contributed by atoms with Crippen LogP contribution in [0.5, 0.6) is 0 Å². The Labute approximate surface area is 437 Å². The van der Waals surface area contributed by atoms with E-state index in [9.17, 15) is 68.1 Å². The van der Waals surface area contributed by atoms with Gasteiger partial charge in [-0.1, -0.05) is 0 Å². The maximum absolute atomic E-state index is 14.5. The Bertz CT molecular complexity index is 1850. The van der Waals surface area contributed by atoms with Crippen molar-refractivity contribution in [3.05, 3.63) is 0 Å². The van der Waals surface area contributed by atoms with E-state index in [4.69, 9.17) is 34.4 Å². The number of carboxylic acids is 3. The molecule has 0 aliphatic carbocycles. The van der Waals surface area contributed by atoms with Gasteiger partial charge in [-0.15, -0.1) is 0 Å². The van der Waals surface area contributed by atoms with Gasteiger partial charge < -0.3 is 91.8 Å². The molecule has 28 heteroatoms. The predicted molar refractivity (Wildman–Crippen MR) is 273 cm³/mol. The van der Waals surface area contributed by atoms with Crippen LogP contribution in [0.25, 0.3) is 0 Å². The number of rotatable bonds is 42. The zero-order valence-electron chi connectivity index (χ0n) is 43.2. The predicted octanol–water partition coefficient (Wildman–Crippen LogP) is -4.21. The molecule has 1 heterocycles. The molecule has 0 radical (unpaired) electrons. The molecular weight excluding hydrogens is 985 g/mol. The molecule has 0 saturated carbocycles. The van der Waals surface area contributed by atoms with Crippen LogP contribution >= 0.6 is 0 Å². The second kappa shape index (κ2) is 38.5. The summed E-state index contributed by atoms with van der Waals surface area (Å²) in [5.74, 6) is -10.5.